The smallest absolute Gasteiger partial charge is 0.0462 e. The van der Waals surface area contributed by atoms with Gasteiger partial charge >= 0.3 is 0 Å². The van der Waals surface area contributed by atoms with Gasteiger partial charge in [-0.25, -0.2) is 0 Å². The molecule has 3 heteroatoms. The van der Waals surface area contributed by atoms with Crippen LogP contribution in [0, 0.1) is 0 Å². The number of nitrogens with two attached hydrogens (primary N) is 1. The zero-order valence-electron chi connectivity index (χ0n) is 9.80. The summed E-state index contributed by atoms with van der Waals surface area (Å²) in [6, 6.07) is 0. The van der Waals surface area contributed by atoms with Gasteiger partial charge < -0.3 is 15.4 Å². The zero-order valence-corrected chi connectivity index (χ0v) is 9.80. The molecule has 0 amide bonds. The standard InChI is InChI=1S/C11H26N2O/c1-3-8-13(10-6-7-12)9-4-5-11-14-2/h3-12H2,1-2H3. The third-order valence-corrected chi connectivity index (χ3v) is 2.29. The summed E-state index contributed by atoms with van der Waals surface area (Å²) >= 11 is 0. The van der Waals surface area contributed by atoms with Crippen LogP contribution in [0.25, 0.3) is 0 Å². The fraction of sp³-hybridized carbons (Fsp3) is 1.00. The Morgan fingerprint density at radius 3 is 2.36 bits per heavy atom. The van der Waals surface area contributed by atoms with Gasteiger partial charge in [-0.05, 0) is 51.9 Å². The lowest BCUT2D eigenvalue weighted by Gasteiger charge is -2.21. The number of hydrogen-bond donors (Lipinski definition) is 1. The quantitative estimate of drug-likeness (QED) is 0.545. The summed E-state index contributed by atoms with van der Waals surface area (Å²) in [6.07, 6.45) is 4.75. The number of nitrogens with zero attached hydrogens (tertiary/aromatic N) is 1. The molecule has 0 saturated carbocycles. The van der Waals surface area contributed by atoms with Crippen LogP contribution in [0.1, 0.15) is 32.6 Å². The first-order valence-corrected chi connectivity index (χ1v) is 5.76. The maximum Gasteiger partial charge on any atom is 0.0462 e. The Labute approximate surface area is 88.6 Å². The van der Waals surface area contributed by atoms with Gasteiger partial charge in [0.2, 0.25) is 0 Å². The van der Waals surface area contributed by atoms with E-state index in [1.165, 1.54) is 32.4 Å². The molecule has 0 heterocycles. The van der Waals surface area contributed by atoms with E-state index in [0.717, 1.165) is 26.1 Å². The normalized spacial score (nSPS) is 11.1. The fourth-order valence-corrected chi connectivity index (χ4v) is 1.55. The van der Waals surface area contributed by atoms with Gasteiger partial charge in [0, 0.05) is 13.7 Å². The fourth-order valence-electron chi connectivity index (χ4n) is 1.55. The molecule has 0 aromatic rings. The molecule has 2 N–H and O–H groups in total. The van der Waals surface area contributed by atoms with Crippen molar-refractivity contribution in [3.63, 3.8) is 0 Å². The number of methoxy groups -OCH3 is 1. The third kappa shape index (κ3) is 8.48. The maximum atomic E-state index is 5.50. The first-order chi connectivity index (χ1) is 6.85. The summed E-state index contributed by atoms with van der Waals surface area (Å²) in [5.41, 5.74) is 5.50. The van der Waals surface area contributed by atoms with E-state index in [1.54, 1.807) is 7.11 Å². The van der Waals surface area contributed by atoms with E-state index in [1.807, 2.05) is 0 Å². The van der Waals surface area contributed by atoms with Crippen molar-refractivity contribution >= 4 is 0 Å². The van der Waals surface area contributed by atoms with Crippen molar-refractivity contribution in [2.75, 3.05) is 39.9 Å². The average Bonchev–Trinajstić information content (AvgIpc) is 2.20. The monoisotopic (exact) mass is 202 g/mol. The summed E-state index contributed by atoms with van der Waals surface area (Å²) in [5, 5.41) is 0. The molecular formula is C11H26N2O. The number of unbranched alkanes of at least 4 members (excludes halogenated alkanes) is 1. The number of ether oxygens (including phenoxy) is 1. The second kappa shape index (κ2) is 11.0. The highest BCUT2D eigenvalue weighted by Crippen LogP contribution is 1.98. The molecule has 0 bridgehead atoms. The van der Waals surface area contributed by atoms with Crippen molar-refractivity contribution in [2.45, 2.75) is 32.6 Å². The van der Waals surface area contributed by atoms with Gasteiger partial charge in [0.15, 0.2) is 0 Å². The molecule has 0 radical (unpaired) electrons. The highest BCUT2D eigenvalue weighted by Gasteiger charge is 2.01. The molecule has 0 unspecified atom stereocenters. The summed E-state index contributed by atoms with van der Waals surface area (Å²) in [7, 11) is 1.76. The van der Waals surface area contributed by atoms with Crippen molar-refractivity contribution in [1.29, 1.82) is 0 Å². The molecular weight excluding hydrogens is 176 g/mol. The summed E-state index contributed by atoms with van der Waals surface area (Å²) < 4.78 is 5.03. The SMILES string of the molecule is CCCN(CCCN)CCCCOC. The van der Waals surface area contributed by atoms with Crippen molar-refractivity contribution in [2.24, 2.45) is 5.73 Å². The van der Waals surface area contributed by atoms with Gasteiger partial charge in [-0.1, -0.05) is 6.92 Å². The largest absolute Gasteiger partial charge is 0.385 e. The van der Waals surface area contributed by atoms with Crippen LogP contribution in [0.4, 0.5) is 0 Å². The lowest BCUT2D eigenvalue weighted by Crippen LogP contribution is -2.28. The second-order valence-corrected chi connectivity index (χ2v) is 3.68. The first kappa shape index (κ1) is 13.9. The molecule has 0 fully saturated rings. The van der Waals surface area contributed by atoms with Gasteiger partial charge in [-0.3, -0.25) is 0 Å². The predicted molar refractivity (Wildman–Crippen MR) is 61.5 cm³/mol. The summed E-state index contributed by atoms with van der Waals surface area (Å²) in [5.74, 6) is 0. The summed E-state index contributed by atoms with van der Waals surface area (Å²) in [4.78, 5) is 2.50. The van der Waals surface area contributed by atoms with Gasteiger partial charge in [0.1, 0.15) is 0 Å². The molecule has 0 spiro atoms. The molecule has 0 aliphatic carbocycles. The molecule has 0 rings (SSSR count). The first-order valence-electron chi connectivity index (χ1n) is 5.76. The maximum absolute atomic E-state index is 5.50. The molecule has 0 saturated heterocycles. The summed E-state index contributed by atoms with van der Waals surface area (Å²) in [6.45, 7) is 7.46. The molecule has 0 aromatic heterocycles. The van der Waals surface area contributed by atoms with E-state index < -0.39 is 0 Å². The van der Waals surface area contributed by atoms with Crippen LogP contribution in [-0.2, 0) is 4.74 Å². The minimum atomic E-state index is 0.804. The molecule has 0 aliphatic heterocycles. The Morgan fingerprint density at radius 2 is 1.79 bits per heavy atom. The van der Waals surface area contributed by atoms with Gasteiger partial charge in [0.05, 0.1) is 0 Å². The van der Waals surface area contributed by atoms with E-state index in [0.29, 0.717) is 0 Å². The predicted octanol–water partition coefficient (Wildman–Crippen LogP) is 1.47. The van der Waals surface area contributed by atoms with Crippen LogP contribution in [0.3, 0.4) is 0 Å². The molecule has 0 atom stereocenters. The Balaban J connectivity index is 3.40. The van der Waals surface area contributed by atoms with Crippen molar-refractivity contribution in [3.05, 3.63) is 0 Å². The molecule has 0 aromatic carbocycles. The van der Waals surface area contributed by atoms with E-state index in [4.69, 9.17) is 10.5 Å². The van der Waals surface area contributed by atoms with Crippen LogP contribution in [0.2, 0.25) is 0 Å². The zero-order chi connectivity index (χ0) is 10.6. The van der Waals surface area contributed by atoms with E-state index in [-0.39, 0.29) is 0 Å². The minimum absolute atomic E-state index is 0.804. The Morgan fingerprint density at radius 1 is 1.07 bits per heavy atom. The Kier molecular flexibility index (Phi) is 10.9. The van der Waals surface area contributed by atoms with E-state index >= 15 is 0 Å². The third-order valence-electron chi connectivity index (χ3n) is 2.29. The van der Waals surface area contributed by atoms with Crippen LogP contribution in [0.15, 0.2) is 0 Å². The number of hydrogen-bond acceptors (Lipinski definition) is 3. The second-order valence-electron chi connectivity index (χ2n) is 3.68. The van der Waals surface area contributed by atoms with Crippen LogP contribution in [0.5, 0.6) is 0 Å². The van der Waals surface area contributed by atoms with Gasteiger partial charge in [-0.15, -0.1) is 0 Å². The highest BCUT2D eigenvalue weighted by atomic mass is 16.5. The van der Waals surface area contributed by atoms with Gasteiger partial charge in [-0.2, -0.15) is 0 Å². The average molecular weight is 202 g/mol. The molecule has 14 heavy (non-hydrogen) atoms. The lowest BCUT2D eigenvalue weighted by molar-refractivity contribution is 0.183. The number of rotatable bonds is 10. The van der Waals surface area contributed by atoms with E-state index in [2.05, 4.69) is 11.8 Å². The van der Waals surface area contributed by atoms with E-state index in [9.17, 15) is 0 Å². The topological polar surface area (TPSA) is 38.5 Å². The van der Waals surface area contributed by atoms with Crippen molar-refractivity contribution in [3.8, 4) is 0 Å². The van der Waals surface area contributed by atoms with Crippen LogP contribution >= 0.6 is 0 Å². The lowest BCUT2D eigenvalue weighted by atomic mass is 10.2. The Bertz CT molecular complexity index is 109. The molecule has 0 aliphatic rings. The molecule has 3 nitrogen and oxygen atoms in total. The van der Waals surface area contributed by atoms with Crippen LogP contribution < -0.4 is 5.73 Å². The minimum Gasteiger partial charge on any atom is -0.385 e. The molecule has 86 valence electrons. The Hall–Kier alpha value is -0.120. The van der Waals surface area contributed by atoms with Crippen molar-refractivity contribution in [1.82, 2.24) is 4.90 Å². The highest BCUT2D eigenvalue weighted by molar-refractivity contribution is 4.57. The van der Waals surface area contributed by atoms with Crippen LogP contribution in [-0.4, -0.2) is 44.8 Å². The van der Waals surface area contributed by atoms with Gasteiger partial charge in [0.25, 0.3) is 0 Å². The van der Waals surface area contributed by atoms with Crippen molar-refractivity contribution < 1.29 is 4.74 Å².